The lowest BCUT2D eigenvalue weighted by atomic mass is 10.00. The van der Waals surface area contributed by atoms with Crippen LogP contribution in [0.4, 0.5) is 4.79 Å². The van der Waals surface area contributed by atoms with Crippen molar-refractivity contribution < 1.29 is 9.59 Å². The number of fused-ring (bicyclic) bond motifs is 1. The quantitative estimate of drug-likeness (QED) is 0.798. The number of hydrogen-bond acceptors (Lipinski definition) is 2. The van der Waals surface area contributed by atoms with Crippen molar-refractivity contribution in [1.29, 1.82) is 0 Å². The molecule has 160 valence electrons. The highest BCUT2D eigenvalue weighted by atomic mass is 35.5. The monoisotopic (exact) mass is 428 g/mol. The number of amides is 3. The number of nitrogens with zero attached hydrogens (tertiary/aromatic N) is 3. The molecule has 0 saturated heterocycles. The maximum Gasteiger partial charge on any atom is 0.318 e. The summed E-state index contributed by atoms with van der Waals surface area (Å²) in [6.07, 6.45) is 3.95. The maximum atomic E-state index is 13.5. The highest BCUT2D eigenvalue weighted by Gasteiger charge is 2.38. The van der Waals surface area contributed by atoms with Gasteiger partial charge in [-0.2, -0.15) is 0 Å². The minimum absolute atomic E-state index is 0.0293. The van der Waals surface area contributed by atoms with Crippen LogP contribution in [-0.4, -0.2) is 51.0 Å². The molecule has 1 N–H and O–H groups in total. The third-order valence-corrected chi connectivity index (χ3v) is 5.83. The number of rotatable bonds is 4. The topological polar surface area (TPSA) is 57.6 Å². The fraction of sp³-hybridized carbons (Fsp3) is 0.478. The Hall–Kier alpha value is -2.47. The van der Waals surface area contributed by atoms with Gasteiger partial charge in [0.2, 0.25) is 5.91 Å². The van der Waals surface area contributed by atoms with E-state index >= 15 is 0 Å². The van der Waals surface area contributed by atoms with Crippen molar-refractivity contribution in [1.82, 2.24) is 19.7 Å². The number of urea groups is 1. The second-order valence-electron chi connectivity index (χ2n) is 9.21. The van der Waals surface area contributed by atoms with Gasteiger partial charge in [-0.1, -0.05) is 23.7 Å². The molecule has 6 nitrogen and oxygen atoms in total. The first kappa shape index (κ1) is 20.8. The molecule has 1 aliphatic carbocycles. The summed E-state index contributed by atoms with van der Waals surface area (Å²) in [5, 5.41) is 3.68. The first-order chi connectivity index (χ1) is 14.2. The third-order valence-electron chi connectivity index (χ3n) is 5.58. The van der Waals surface area contributed by atoms with Crippen molar-refractivity contribution in [2.45, 2.75) is 57.8 Å². The van der Waals surface area contributed by atoms with Gasteiger partial charge in [-0.15, -0.1) is 0 Å². The molecule has 1 aliphatic heterocycles. The zero-order valence-corrected chi connectivity index (χ0v) is 18.5. The zero-order chi connectivity index (χ0) is 21.5. The molecule has 2 heterocycles. The molecule has 1 aromatic heterocycles. The Labute approximate surface area is 182 Å². The summed E-state index contributed by atoms with van der Waals surface area (Å²) in [7, 11) is 0. The second kappa shape index (κ2) is 7.99. The van der Waals surface area contributed by atoms with Gasteiger partial charge in [0.25, 0.3) is 0 Å². The van der Waals surface area contributed by atoms with E-state index in [0.29, 0.717) is 11.6 Å². The van der Waals surface area contributed by atoms with Crippen molar-refractivity contribution >= 4 is 23.5 Å². The molecule has 30 heavy (non-hydrogen) atoms. The van der Waals surface area contributed by atoms with Gasteiger partial charge in [0.1, 0.15) is 6.54 Å². The van der Waals surface area contributed by atoms with Gasteiger partial charge in [0.05, 0.1) is 6.04 Å². The lowest BCUT2D eigenvalue weighted by Gasteiger charge is -2.39. The van der Waals surface area contributed by atoms with E-state index in [-0.39, 0.29) is 36.1 Å². The fourth-order valence-corrected chi connectivity index (χ4v) is 4.16. The van der Waals surface area contributed by atoms with E-state index in [4.69, 9.17) is 11.6 Å². The van der Waals surface area contributed by atoms with Crippen molar-refractivity contribution in [2.24, 2.45) is 0 Å². The summed E-state index contributed by atoms with van der Waals surface area (Å²) in [5.41, 5.74) is 1.75. The van der Waals surface area contributed by atoms with Gasteiger partial charge < -0.3 is 19.7 Å². The molecule has 4 rings (SSSR count). The lowest BCUT2D eigenvalue weighted by Crippen LogP contribution is -2.53. The average Bonchev–Trinajstić information content (AvgIpc) is 3.40. The molecular formula is C23H29ClN4O2. The summed E-state index contributed by atoms with van der Waals surface area (Å²) in [4.78, 5) is 29.9. The van der Waals surface area contributed by atoms with Gasteiger partial charge in [-0.25, -0.2) is 4.79 Å². The molecule has 0 bridgehead atoms. The van der Waals surface area contributed by atoms with Crippen LogP contribution in [-0.2, 0) is 11.3 Å². The van der Waals surface area contributed by atoms with Crippen LogP contribution in [0.3, 0.4) is 0 Å². The van der Waals surface area contributed by atoms with E-state index in [0.717, 1.165) is 30.6 Å². The molecule has 3 amide bonds. The molecule has 1 atom stereocenters. The number of carbonyl (C=O) groups excluding carboxylic acids is 2. The van der Waals surface area contributed by atoms with Crippen molar-refractivity contribution in [3.63, 3.8) is 0 Å². The molecule has 2 aromatic rings. The van der Waals surface area contributed by atoms with Crippen LogP contribution in [0.1, 0.15) is 50.9 Å². The van der Waals surface area contributed by atoms with Crippen LogP contribution in [0, 0.1) is 0 Å². The van der Waals surface area contributed by atoms with E-state index in [1.165, 1.54) is 0 Å². The van der Waals surface area contributed by atoms with Crippen LogP contribution in [0.2, 0.25) is 5.02 Å². The molecule has 1 aromatic carbocycles. The molecule has 0 radical (unpaired) electrons. The van der Waals surface area contributed by atoms with Crippen LogP contribution >= 0.6 is 11.6 Å². The summed E-state index contributed by atoms with van der Waals surface area (Å²) < 4.78 is 2.19. The Bertz CT molecular complexity index is 927. The Morgan fingerprint density at radius 1 is 1.13 bits per heavy atom. The largest absolute Gasteiger partial charge is 0.348 e. The third kappa shape index (κ3) is 4.48. The van der Waals surface area contributed by atoms with Gasteiger partial charge in [-0.05, 0) is 63.4 Å². The molecule has 2 aliphatic rings. The normalized spacial score (nSPS) is 18.7. The van der Waals surface area contributed by atoms with E-state index < -0.39 is 0 Å². The minimum atomic E-state index is -0.342. The lowest BCUT2D eigenvalue weighted by molar-refractivity contribution is -0.134. The Kier molecular flexibility index (Phi) is 5.53. The molecule has 0 spiro atoms. The van der Waals surface area contributed by atoms with Crippen LogP contribution in [0.25, 0.3) is 0 Å². The van der Waals surface area contributed by atoms with Crippen LogP contribution in [0.15, 0.2) is 42.6 Å². The van der Waals surface area contributed by atoms with Gasteiger partial charge in [-0.3, -0.25) is 4.79 Å². The van der Waals surface area contributed by atoms with Gasteiger partial charge >= 0.3 is 6.03 Å². The molecular weight excluding hydrogens is 400 g/mol. The maximum absolute atomic E-state index is 13.5. The average molecular weight is 429 g/mol. The highest BCUT2D eigenvalue weighted by Crippen LogP contribution is 2.34. The minimum Gasteiger partial charge on any atom is -0.348 e. The second-order valence-corrected chi connectivity index (χ2v) is 9.64. The fourth-order valence-electron chi connectivity index (χ4n) is 4.03. The van der Waals surface area contributed by atoms with Crippen LogP contribution in [0.5, 0.6) is 0 Å². The van der Waals surface area contributed by atoms with Crippen molar-refractivity contribution in [3.05, 3.63) is 58.9 Å². The summed E-state index contributed by atoms with van der Waals surface area (Å²) in [6.45, 7) is 7.30. The summed E-state index contributed by atoms with van der Waals surface area (Å²) >= 11 is 6.09. The first-order valence-electron chi connectivity index (χ1n) is 10.5. The Balaban J connectivity index is 1.58. The standard InChI is InChI=1S/C23H29ClN4O2/c1-23(2,3)25-22(30)28(18-10-11-18)15-20(29)27-14-13-26-12-4-5-19(26)21(27)16-6-8-17(24)9-7-16/h4-9,12,18,21H,10-11,13-15H2,1-3H3,(H,25,30). The molecule has 1 fully saturated rings. The van der Waals surface area contributed by atoms with Crippen molar-refractivity contribution in [3.8, 4) is 0 Å². The number of halogens is 1. The smallest absolute Gasteiger partial charge is 0.318 e. The Morgan fingerprint density at radius 2 is 1.83 bits per heavy atom. The number of aromatic nitrogens is 1. The number of nitrogens with one attached hydrogen (secondary N) is 1. The highest BCUT2D eigenvalue weighted by molar-refractivity contribution is 6.30. The number of carbonyl (C=O) groups is 2. The predicted octanol–water partition coefficient (Wildman–Crippen LogP) is 4.05. The summed E-state index contributed by atoms with van der Waals surface area (Å²) in [5.74, 6) is -0.0293. The van der Waals surface area contributed by atoms with E-state index in [1.807, 2.05) is 62.2 Å². The van der Waals surface area contributed by atoms with Crippen LogP contribution < -0.4 is 5.32 Å². The molecule has 1 saturated carbocycles. The SMILES string of the molecule is CC(C)(C)NC(=O)N(CC(=O)N1CCn2cccc2C1c1ccc(Cl)cc1)C1CC1. The first-order valence-corrected chi connectivity index (χ1v) is 10.9. The number of hydrogen-bond donors (Lipinski definition) is 1. The molecule has 1 unspecified atom stereocenters. The van der Waals surface area contributed by atoms with E-state index in [9.17, 15) is 9.59 Å². The van der Waals surface area contributed by atoms with E-state index in [1.54, 1.807) is 4.90 Å². The number of benzene rings is 1. The molecule has 7 heteroatoms. The Morgan fingerprint density at radius 3 is 2.47 bits per heavy atom. The van der Waals surface area contributed by atoms with Gasteiger partial charge in [0.15, 0.2) is 0 Å². The zero-order valence-electron chi connectivity index (χ0n) is 17.8. The summed E-state index contributed by atoms with van der Waals surface area (Å²) in [6, 6.07) is 11.5. The van der Waals surface area contributed by atoms with Crippen molar-refractivity contribution in [2.75, 3.05) is 13.1 Å². The van der Waals surface area contributed by atoms with E-state index in [2.05, 4.69) is 16.0 Å². The predicted molar refractivity (Wildman–Crippen MR) is 117 cm³/mol. The van der Waals surface area contributed by atoms with Gasteiger partial charge in [0, 0.05) is 41.6 Å².